The number of thiophene rings is 1. The Morgan fingerprint density at radius 1 is 1.53 bits per heavy atom. The number of hydrogen-bond donors (Lipinski definition) is 2. The van der Waals surface area contributed by atoms with Gasteiger partial charge in [-0.2, -0.15) is 0 Å². The summed E-state index contributed by atoms with van der Waals surface area (Å²) >= 11 is 7.11. The maximum atomic E-state index is 11.8. The molecule has 1 amide bonds. The minimum atomic E-state index is -1.02. The quantitative estimate of drug-likeness (QED) is 0.868. The number of carboxylic acid groups (broad SMARTS) is 1. The first-order valence-corrected chi connectivity index (χ1v) is 6.43. The monoisotopic (exact) mass is 275 g/mol. The van der Waals surface area contributed by atoms with Crippen LogP contribution in [0.15, 0.2) is 12.1 Å². The molecule has 0 bridgehead atoms. The van der Waals surface area contributed by atoms with Crippen LogP contribution >= 0.6 is 22.9 Å². The highest BCUT2D eigenvalue weighted by Crippen LogP contribution is 2.28. The van der Waals surface area contributed by atoms with E-state index < -0.39 is 12.0 Å². The summed E-state index contributed by atoms with van der Waals surface area (Å²) in [6, 6.07) is 2.67. The number of aliphatic carboxylic acids is 1. The van der Waals surface area contributed by atoms with Gasteiger partial charge in [0.15, 0.2) is 0 Å². The average molecular weight is 276 g/mol. The molecule has 1 rings (SSSR count). The second-order valence-corrected chi connectivity index (χ2v) is 5.42. The lowest BCUT2D eigenvalue weighted by Crippen LogP contribution is -2.41. The Labute approximate surface area is 109 Å². The third-order valence-electron chi connectivity index (χ3n) is 2.44. The first-order valence-electron chi connectivity index (χ1n) is 5.24. The summed E-state index contributed by atoms with van der Waals surface area (Å²) in [5, 5.41) is 11.3. The van der Waals surface area contributed by atoms with Crippen LogP contribution in [0.5, 0.6) is 0 Å². The third kappa shape index (κ3) is 3.71. The predicted molar refractivity (Wildman–Crippen MR) is 67.6 cm³/mol. The van der Waals surface area contributed by atoms with Gasteiger partial charge in [0, 0.05) is 4.88 Å². The summed E-state index contributed by atoms with van der Waals surface area (Å²) < 4.78 is 0.616. The van der Waals surface area contributed by atoms with Gasteiger partial charge in [0.05, 0.1) is 10.3 Å². The lowest BCUT2D eigenvalue weighted by molar-refractivity contribution is -0.142. The summed E-state index contributed by atoms with van der Waals surface area (Å²) in [7, 11) is 0. The van der Waals surface area contributed by atoms with E-state index in [0.29, 0.717) is 10.8 Å². The molecule has 0 aromatic carbocycles. The molecule has 2 atom stereocenters. The maximum absolute atomic E-state index is 11.8. The summed E-state index contributed by atoms with van der Waals surface area (Å²) in [6.45, 7) is 3.44. The van der Waals surface area contributed by atoms with Crippen LogP contribution in [-0.4, -0.2) is 23.0 Å². The third-order valence-corrected chi connectivity index (χ3v) is 3.85. The number of carboxylic acids is 1. The molecule has 6 heteroatoms. The van der Waals surface area contributed by atoms with Gasteiger partial charge in [-0.3, -0.25) is 4.79 Å². The minimum Gasteiger partial charge on any atom is -0.480 e. The van der Waals surface area contributed by atoms with Crippen molar-refractivity contribution in [2.24, 2.45) is 0 Å². The number of carbonyl (C=O) groups excluding carboxylic acids is 1. The Morgan fingerprint density at radius 3 is 2.59 bits per heavy atom. The fraction of sp³-hybridized carbons (Fsp3) is 0.455. The van der Waals surface area contributed by atoms with E-state index in [0.717, 1.165) is 4.88 Å². The Balaban J connectivity index is 2.67. The fourth-order valence-electron chi connectivity index (χ4n) is 1.33. The van der Waals surface area contributed by atoms with Crippen LogP contribution in [0.4, 0.5) is 0 Å². The molecule has 0 saturated heterocycles. The molecule has 1 heterocycles. The second-order valence-electron chi connectivity index (χ2n) is 3.67. The van der Waals surface area contributed by atoms with Crippen molar-refractivity contribution in [1.29, 1.82) is 0 Å². The Hall–Kier alpha value is -1.07. The Morgan fingerprint density at radius 2 is 2.18 bits per heavy atom. The number of hydrogen-bond acceptors (Lipinski definition) is 3. The highest BCUT2D eigenvalue weighted by Gasteiger charge is 2.23. The molecule has 17 heavy (non-hydrogen) atoms. The number of nitrogens with one attached hydrogen (secondary N) is 1. The van der Waals surface area contributed by atoms with Crippen molar-refractivity contribution in [3.63, 3.8) is 0 Å². The van der Waals surface area contributed by atoms with Crippen LogP contribution in [-0.2, 0) is 9.59 Å². The second kappa shape index (κ2) is 6.02. The summed E-state index contributed by atoms with van der Waals surface area (Å²) in [5.74, 6) is -1.70. The van der Waals surface area contributed by atoms with Crippen LogP contribution in [0.25, 0.3) is 0 Å². The van der Waals surface area contributed by atoms with E-state index in [4.69, 9.17) is 16.7 Å². The molecule has 2 unspecified atom stereocenters. The van der Waals surface area contributed by atoms with Crippen LogP contribution in [0, 0.1) is 0 Å². The zero-order valence-corrected chi connectivity index (χ0v) is 11.1. The molecule has 0 aliphatic carbocycles. The minimum absolute atomic E-state index is 0.294. The number of rotatable bonds is 5. The number of carbonyl (C=O) groups is 2. The van der Waals surface area contributed by atoms with Gasteiger partial charge in [0.2, 0.25) is 5.91 Å². The zero-order valence-electron chi connectivity index (χ0n) is 9.57. The lowest BCUT2D eigenvalue weighted by atomic mass is 10.1. The van der Waals surface area contributed by atoms with Crippen LogP contribution in [0.2, 0.25) is 4.34 Å². The molecule has 4 nitrogen and oxygen atoms in total. The first kappa shape index (κ1) is 14.0. The molecular formula is C11H14ClNO3S. The zero-order chi connectivity index (χ0) is 13.0. The number of amides is 1. The van der Waals surface area contributed by atoms with E-state index in [1.165, 1.54) is 11.3 Å². The van der Waals surface area contributed by atoms with Crippen molar-refractivity contribution in [2.75, 3.05) is 0 Å². The van der Waals surface area contributed by atoms with Gasteiger partial charge >= 0.3 is 5.97 Å². The van der Waals surface area contributed by atoms with E-state index in [2.05, 4.69) is 5.32 Å². The molecule has 1 aromatic heterocycles. The highest BCUT2D eigenvalue weighted by molar-refractivity contribution is 7.16. The lowest BCUT2D eigenvalue weighted by Gasteiger charge is -2.15. The SMILES string of the molecule is CCC(NC(=O)C(C)c1ccc(Cl)s1)C(=O)O. The van der Waals surface area contributed by atoms with Gasteiger partial charge in [-0.25, -0.2) is 4.79 Å². The number of halogens is 1. The van der Waals surface area contributed by atoms with Crippen molar-refractivity contribution in [3.05, 3.63) is 21.3 Å². The topological polar surface area (TPSA) is 66.4 Å². The molecular weight excluding hydrogens is 262 g/mol. The maximum Gasteiger partial charge on any atom is 0.326 e. The smallest absolute Gasteiger partial charge is 0.326 e. The van der Waals surface area contributed by atoms with Crippen LogP contribution < -0.4 is 5.32 Å². The van der Waals surface area contributed by atoms with Gasteiger partial charge in [-0.1, -0.05) is 18.5 Å². The Kier molecular flexibility index (Phi) is 4.96. The van der Waals surface area contributed by atoms with Crippen molar-refractivity contribution in [2.45, 2.75) is 32.2 Å². The molecule has 2 N–H and O–H groups in total. The van der Waals surface area contributed by atoms with Crippen LogP contribution in [0.3, 0.4) is 0 Å². The van der Waals surface area contributed by atoms with E-state index in [1.807, 2.05) is 0 Å². The molecule has 94 valence electrons. The summed E-state index contributed by atoms with van der Waals surface area (Å²) in [4.78, 5) is 23.4. The molecule has 1 aromatic rings. The molecule has 0 saturated carbocycles. The largest absolute Gasteiger partial charge is 0.480 e. The van der Waals surface area contributed by atoms with E-state index in [1.54, 1.807) is 26.0 Å². The fourth-order valence-corrected chi connectivity index (χ4v) is 2.44. The summed E-state index contributed by atoms with van der Waals surface area (Å²) in [6.07, 6.45) is 0.360. The van der Waals surface area contributed by atoms with E-state index in [-0.39, 0.29) is 11.8 Å². The van der Waals surface area contributed by atoms with Crippen molar-refractivity contribution in [1.82, 2.24) is 5.32 Å². The average Bonchev–Trinajstić information content (AvgIpc) is 2.70. The van der Waals surface area contributed by atoms with Gasteiger partial charge in [0.1, 0.15) is 6.04 Å². The van der Waals surface area contributed by atoms with Gasteiger partial charge in [-0.15, -0.1) is 11.3 Å². The molecule has 0 spiro atoms. The predicted octanol–water partition coefficient (Wildman–Crippen LogP) is 2.48. The van der Waals surface area contributed by atoms with Crippen molar-refractivity contribution < 1.29 is 14.7 Å². The van der Waals surface area contributed by atoms with Gasteiger partial charge in [-0.05, 0) is 25.5 Å². The van der Waals surface area contributed by atoms with E-state index in [9.17, 15) is 9.59 Å². The Bertz CT molecular complexity index is 419. The molecule has 0 radical (unpaired) electrons. The standard InChI is InChI=1S/C11H14ClNO3S/c1-3-7(11(15)16)13-10(14)6(2)8-4-5-9(12)17-8/h4-7H,3H2,1-2H3,(H,13,14)(H,15,16). The molecule has 0 aliphatic heterocycles. The van der Waals surface area contributed by atoms with Gasteiger partial charge < -0.3 is 10.4 Å². The van der Waals surface area contributed by atoms with E-state index >= 15 is 0 Å². The molecule has 0 aliphatic rings. The van der Waals surface area contributed by atoms with Crippen LogP contribution in [0.1, 0.15) is 31.1 Å². The van der Waals surface area contributed by atoms with Gasteiger partial charge in [0.25, 0.3) is 0 Å². The van der Waals surface area contributed by atoms with Crippen molar-refractivity contribution >= 4 is 34.8 Å². The first-order chi connectivity index (χ1) is 7.95. The normalized spacial score (nSPS) is 14.1. The van der Waals surface area contributed by atoms with Crippen molar-refractivity contribution in [3.8, 4) is 0 Å². The highest BCUT2D eigenvalue weighted by atomic mass is 35.5. The summed E-state index contributed by atoms with van der Waals surface area (Å²) in [5.41, 5.74) is 0. The molecule has 0 fully saturated rings.